The number of amidine groups is 1. The van der Waals surface area contributed by atoms with Crippen LogP contribution in [0.5, 0.6) is 0 Å². The van der Waals surface area contributed by atoms with Gasteiger partial charge in [0.15, 0.2) is 11.6 Å². The third kappa shape index (κ3) is 4.38. The molecule has 2 aliphatic rings. The van der Waals surface area contributed by atoms with E-state index in [9.17, 15) is 31.1 Å². The van der Waals surface area contributed by atoms with Crippen LogP contribution in [0.4, 0.5) is 26.3 Å². The first kappa shape index (κ1) is 20.7. The Morgan fingerprint density at radius 3 is 2.55 bits per heavy atom. The number of carbonyl (C=O) groups excluding carboxylic acids is 1. The molecule has 1 atom stereocenters. The van der Waals surface area contributed by atoms with Crippen molar-refractivity contribution in [3.05, 3.63) is 35.1 Å². The number of halogens is 6. The van der Waals surface area contributed by atoms with Crippen LogP contribution in [0.25, 0.3) is 0 Å². The van der Waals surface area contributed by atoms with Gasteiger partial charge in [0.2, 0.25) is 12.1 Å². The molecule has 1 saturated heterocycles. The van der Waals surface area contributed by atoms with Crippen LogP contribution >= 0.6 is 0 Å². The first-order valence-electron chi connectivity index (χ1n) is 8.36. The molecule has 13 heteroatoms. The number of hydrazone groups is 1. The molecular weight excluding hydrogens is 408 g/mol. The standard InChI is InChI=1S/C16H15F6N5O2/c17-10-6-12(19)11(18)4-8(10)3-9(25-29)5-14(28)26-1-2-27-13(7-26)23-24-15(27)16(20,21)22/h4,6,15,24,29H,1-3,5,7H2/b25-9-. The van der Waals surface area contributed by atoms with Crippen molar-refractivity contribution in [2.24, 2.45) is 10.3 Å². The number of carbonyl (C=O) groups is 1. The third-order valence-electron chi connectivity index (χ3n) is 4.55. The van der Waals surface area contributed by atoms with Gasteiger partial charge in [-0.2, -0.15) is 18.3 Å². The van der Waals surface area contributed by atoms with Gasteiger partial charge in [-0.25, -0.2) is 13.2 Å². The minimum Gasteiger partial charge on any atom is -0.411 e. The predicted octanol–water partition coefficient (Wildman–Crippen LogP) is 1.82. The third-order valence-corrected chi connectivity index (χ3v) is 4.55. The summed E-state index contributed by atoms with van der Waals surface area (Å²) in [5, 5.41) is 15.6. The maximum absolute atomic E-state index is 13.7. The molecule has 0 aromatic heterocycles. The summed E-state index contributed by atoms with van der Waals surface area (Å²) < 4.78 is 78.8. The molecule has 0 saturated carbocycles. The molecule has 7 nitrogen and oxygen atoms in total. The largest absolute Gasteiger partial charge is 0.428 e. The molecule has 1 amide bonds. The summed E-state index contributed by atoms with van der Waals surface area (Å²) in [6.07, 6.45) is -7.44. The highest BCUT2D eigenvalue weighted by Crippen LogP contribution is 2.27. The number of nitrogens with zero attached hydrogens (tertiary/aromatic N) is 4. The SMILES string of the molecule is O=C(C/C(Cc1cc(F)c(F)cc1F)=N\O)N1CCN2C(=NNC2C(F)(F)F)C1. The molecule has 2 aliphatic heterocycles. The van der Waals surface area contributed by atoms with Crippen molar-refractivity contribution in [3.63, 3.8) is 0 Å². The number of rotatable bonds is 4. The van der Waals surface area contributed by atoms with Crippen molar-refractivity contribution >= 4 is 17.5 Å². The maximum atomic E-state index is 13.7. The average Bonchev–Trinajstić information content (AvgIpc) is 3.08. The number of nitrogens with one attached hydrogen (secondary N) is 1. The molecule has 29 heavy (non-hydrogen) atoms. The molecule has 0 spiro atoms. The molecule has 158 valence electrons. The van der Waals surface area contributed by atoms with Gasteiger partial charge in [0.25, 0.3) is 0 Å². The van der Waals surface area contributed by atoms with Crippen molar-refractivity contribution < 1.29 is 36.3 Å². The number of hydrogen-bond donors (Lipinski definition) is 2. The Morgan fingerprint density at radius 1 is 1.21 bits per heavy atom. The predicted molar refractivity (Wildman–Crippen MR) is 87.6 cm³/mol. The zero-order valence-electron chi connectivity index (χ0n) is 14.7. The van der Waals surface area contributed by atoms with Crippen molar-refractivity contribution in [2.45, 2.75) is 25.2 Å². The van der Waals surface area contributed by atoms with E-state index in [1.807, 2.05) is 5.43 Å². The van der Waals surface area contributed by atoms with Gasteiger partial charge in [-0.1, -0.05) is 5.16 Å². The number of hydrogen-bond acceptors (Lipinski definition) is 6. The highest BCUT2D eigenvalue weighted by atomic mass is 19.4. The second-order valence-corrected chi connectivity index (χ2v) is 6.49. The number of amides is 1. The van der Waals surface area contributed by atoms with Gasteiger partial charge in [0.1, 0.15) is 11.7 Å². The first-order chi connectivity index (χ1) is 13.6. The molecular formula is C16H15F6N5O2. The minimum atomic E-state index is -4.54. The molecule has 0 bridgehead atoms. The van der Waals surface area contributed by atoms with Crippen LogP contribution < -0.4 is 5.43 Å². The quantitative estimate of drug-likeness (QED) is 0.255. The van der Waals surface area contributed by atoms with Crippen LogP contribution in [0.3, 0.4) is 0 Å². The van der Waals surface area contributed by atoms with Crippen LogP contribution in [0.15, 0.2) is 22.4 Å². The lowest BCUT2D eigenvalue weighted by Crippen LogP contribution is -2.58. The van der Waals surface area contributed by atoms with Crippen LogP contribution in [0.2, 0.25) is 0 Å². The van der Waals surface area contributed by atoms with Crippen molar-refractivity contribution in [1.82, 2.24) is 15.2 Å². The molecule has 1 fully saturated rings. The molecule has 2 N–H and O–H groups in total. The topological polar surface area (TPSA) is 80.5 Å². The zero-order chi connectivity index (χ0) is 21.3. The van der Waals surface area contributed by atoms with Gasteiger partial charge in [-0.05, 0) is 11.6 Å². The van der Waals surface area contributed by atoms with E-state index in [0.29, 0.717) is 12.1 Å². The summed E-state index contributed by atoms with van der Waals surface area (Å²) >= 11 is 0. The molecule has 3 rings (SSSR count). The van der Waals surface area contributed by atoms with E-state index < -0.39 is 48.5 Å². The molecule has 1 unspecified atom stereocenters. The second-order valence-electron chi connectivity index (χ2n) is 6.49. The van der Waals surface area contributed by atoms with Gasteiger partial charge in [-0.15, -0.1) is 0 Å². The Hall–Kier alpha value is -2.99. The summed E-state index contributed by atoms with van der Waals surface area (Å²) in [5.74, 6) is -4.33. The smallest absolute Gasteiger partial charge is 0.411 e. The molecule has 0 aliphatic carbocycles. The first-order valence-corrected chi connectivity index (χ1v) is 8.36. The zero-order valence-corrected chi connectivity index (χ0v) is 14.7. The summed E-state index contributed by atoms with van der Waals surface area (Å²) in [4.78, 5) is 14.6. The van der Waals surface area contributed by atoms with Crippen LogP contribution in [0, 0.1) is 17.5 Å². The monoisotopic (exact) mass is 423 g/mol. The van der Waals surface area contributed by atoms with E-state index in [4.69, 9.17) is 5.21 Å². The van der Waals surface area contributed by atoms with Crippen LogP contribution in [-0.2, 0) is 11.2 Å². The van der Waals surface area contributed by atoms with E-state index >= 15 is 0 Å². The summed E-state index contributed by atoms with van der Waals surface area (Å²) in [7, 11) is 0. The van der Waals surface area contributed by atoms with E-state index in [-0.39, 0.29) is 36.7 Å². The second kappa shape index (κ2) is 7.79. The molecule has 1 aromatic rings. The van der Waals surface area contributed by atoms with E-state index in [1.54, 1.807) is 0 Å². The Labute approximate surface area is 160 Å². The van der Waals surface area contributed by atoms with Gasteiger partial charge in [0, 0.05) is 25.6 Å². The number of benzene rings is 1. The van der Waals surface area contributed by atoms with E-state index in [0.717, 1.165) is 4.90 Å². The number of oxime groups is 1. The lowest BCUT2D eigenvalue weighted by molar-refractivity contribution is -0.179. The average molecular weight is 423 g/mol. The summed E-state index contributed by atoms with van der Waals surface area (Å²) in [5.41, 5.74) is 1.44. The lowest BCUT2D eigenvalue weighted by Gasteiger charge is -2.36. The Bertz CT molecular complexity index is 872. The fraction of sp³-hybridized carbons (Fsp3) is 0.438. The number of piperazine rings is 1. The van der Waals surface area contributed by atoms with Gasteiger partial charge < -0.3 is 15.0 Å². The molecule has 2 heterocycles. The molecule has 0 radical (unpaired) electrons. The molecule has 1 aromatic carbocycles. The Morgan fingerprint density at radius 2 is 1.90 bits per heavy atom. The van der Waals surface area contributed by atoms with Crippen molar-refractivity contribution in [3.8, 4) is 0 Å². The summed E-state index contributed by atoms with van der Waals surface area (Å²) in [6, 6.07) is 0.929. The van der Waals surface area contributed by atoms with Crippen LogP contribution in [-0.4, -0.2) is 64.4 Å². The van der Waals surface area contributed by atoms with Crippen molar-refractivity contribution in [2.75, 3.05) is 19.6 Å². The van der Waals surface area contributed by atoms with Crippen LogP contribution in [0.1, 0.15) is 12.0 Å². The van der Waals surface area contributed by atoms with E-state index in [2.05, 4.69) is 10.3 Å². The number of alkyl halides is 3. The van der Waals surface area contributed by atoms with Crippen molar-refractivity contribution in [1.29, 1.82) is 0 Å². The maximum Gasteiger partial charge on any atom is 0.428 e. The Kier molecular flexibility index (Phi) is 5.57. The normalized spacial score (nSPS) is 19.7. The number of fused-ring (bicyclic) bond motifs is 1. The Balaban J connectivity index is 1.62. The van der Waals surface area contributed by atoms with E-state index in [1.165, 1.54) is 4.90 Å². The van der Waals surface area contributed by atoms with Gasteiger partial charge in [0.05, 0.1) is 18.7 Å². The highest BCUT2D eigenvalue weighted by Gasteiger charge is 2.49. The fourth-order valence-corrected chi connectivity index (χ4v) is 3.08. The summed E-state index contributed by atoms with van der Waals surface area (Å²) in [6.45, 7) is -0.355. The highest BCUT2D eigenvalue weighted by molar-refractivity contribution is 6.03. The minimum absolute atomic E-state index is 0.0288. The van der Waals surface area contributed by atoms with Gasteiger partial charge in [-0.3, -0.25) is 10.2 Å². The lowest BCUT2D eigenvalue weighted by atomic mass is 10.0. The fourth-order valence-electron chi connectivity index (χ4n) is 3.08. The van der Waals surface area contributed by atoms with Gasteiger partial charge >= 0.3 is 6.18 Å².